The van der Waals surface area contributed by atoms with E-state index in [0.717, 1.165) is 33.8 Å². The van der Waals surface area contributed by atoms with E-state index in [-0.39, 0.29) is 11.7 Å². The molecule has 0 unspecified atom stereocenters. The first kappa shape index (κ1) is 18.9. The van der Waals surface area contributed by atoms with E-state index in [9.17, 15) is 4.79 Å². The van der Waals surface area contributed by atoms with Crippen LogP contribution < -0.4 is 10.1 Å². The fourth-order valence-corrected chi connectivity index (χ4v) is 3.33. The van der Waals surface area contributed by atoms with Gasteiger partial charge in [0.2, 0.25) is 5.91 Å². The van der Waals surface area contributed by atoms with Crippen molar-refractivity contribution in [1.29, 1.82) is 0 Å². The van der Waals surface area contributed by atoms with E-state index in [4.69, 9.17) is 4.74 Å². The van der Waals surface area contributed by atoms with Gasteiger partial charge in [0.25, 0.3) is 0 Å². The van der Waals surface area contributed by atoms with E-state index in [2.05, 4.69) is 21.6 Å². The number of hydrogen-bond donors (Lipinski definition) is 1. The SMILES string of the molecule is COc1cccc(-c2ccc(SCC(=O)Nc3cc(C)cc(C)c3)nn2)c1. The maximum atomic E-state index is 12.2. The van der Waals surface area contributed by atoms with Crippen molar-refractivity contribution >= 4 is 23.4 Å². The van der Waals surface area contributed by atoms with E-state index in [1.54, 1.807) is 7.11 Å². The lowest BCUT2D eigenvalue weighted by Crippen LogP contribution is -2.14. The Morgan fingerprint density at radius 2 is 1.81 bits per heavy atom. The van der Waals surface area contributed by atoms with Gasteiger partial charge in [-0.3, -0.25) is 4.79 Å². The number of aromatic nitrogens is 2. The number of hydrogen-bond acceptors (Lipinski definition) is 5. The molecule has 3 rings (SSSR count). The molecule has 0 radical (unpaired) electrons. The Bertz CT molecular complexity index is 922. The predicted octanol–water partition coefficient (Wildman–Crippen LogP) is 4.50. The number of methoxy groups -OCH3 is 1. The van der Waals surface area contributed by atoms with Crippen molar-refractivity contribution < 1.29 is 9.53 Å². The highest BCUT2D eigenvalue weighted by Gasteiger charge is 2.07. The number of nitrogens with zero attached hydrogens (tertiary/aromatic N) is 2. The number of ether oxygens (including phenoxy) is 1. The minimum Gasteiger partial charge on any atom is -0.497 e. The molecule has 1 N–H and O–H groups in total. The molecule has 27 heavy (non-hydrogen) atoms. The lowest BCUT2D eigenvalue weighted by Gasteiger charge is -2.07. The van der Waals surface area contributed by atoms with Gasteiger partial charge in [0.1, 0.15) is 10.8 Å². The molecule has 0 saturated carbocycles. The quantitative estimate of drug-likeness (QED) is 0.639. The van der Waals surface area contributed by atoms with Crippen molar-refractivity contribution in [3.63, 3.8) is 0 Å². The Morgan fingerprint density at radius 1 is 1.04 bits per heavy atom. The molecule has 6 heteroatoms. The van der Waals surface area contributed by atoms with E-state index in [0.29, 0.717) is 5.03 Å². The Kier molecular flexibility index (Phi) is 6.08. The number of anilines is 1. The standard InChI is InChI=1S/C21H21N3O2S/c1-14-9-15(2)11-17(10-14)22-20(25)13-27-21-8-7-19(23-24-21)16-5-4-6-18(12-16)26-3/h4-12H,13H2,1-3H3,(H,22,25). The van der Waals surface area contributed by atoms with Crippen LogP contribution in [0.25, 0.3) is 11.3 Å². The first-order valence-corrected chi connectivity index (χ1v) is 9.51. The van der Waals surface area contributed by atoms with Crippen molar-refractivity contribution in [3.05, 3.63) is 65.7 Å². The Hall–Kier alpha value is -2.86. The predicted molar refractivity (Wildman–Crippen MR) is 109 cm³/mol. The van der Waals surface area contributed by atoms with Crippen LogP contribution in [0.15, 0.2) is 59.6 Å². The smallest absolute Gasteiger partial charge is 0.234 e. The highest BCUT2D eigenvalue weighted by Crippen LogP contribution is 2.23. The third-order valence-electron chi connectivity index (χ3n) is 3.86. The monoisotopic (exact) mass is 379 g/mol. The number of aryl methyl sites for hydroxylation is 2. The summed E-state index contributed by atoms with van der Waals surface area (Å²) in [6.45, 7) is 4.02. The number of amides is 1. The molecule has 0 spiro atoms. The van der Waals surface area contributed by atoms with Gasteiger partial charge in [0.15, 0.2) is 0 Å². The number of benzene rings is 2. The second kappa shape index (κ2) is 8.68. The molecule has 0 saturated heterocycles. The molecule has 0 fully saturated rings. The van der Waals surface area contributed by atoms with Gasteiger partial charge in [0.05, 0.1) is 18.6 Å². The largest absolute Gasteiger partial charge is 0.497 e. The second-order valence-corrected chi connectivity index (χ2v) is 7.20. The molecular weight excluding hydrogens is 358 g/mol. The fourth-order valence-electron chi connectivity index (χ4n) is 2.72. The molecule has 0 atom stereocenters. The topological polar surface area (TPSA) is 64.1 Å². The minimum atomic E-state index is -0.0660. The first-order chi connectivity index (χ1) is 13.0. The molecule has 3 aromatic rings. The number of carbonyl (C=O) groups excluding carboxylic acids is 1. The lowest BCUT2D eigenvalue weighted by atomic mass is 10.1. The minimum absolute atomic E-state index is 0.0660. The average molecular weight is 379 g/mol. The summed E-state index contributed by atoms with van der Waals surface area (Å²) in [4.78, 5) is 12.2. The van der Waals surface area contributed by atoms with Crippen molar-refractivity contribution in [3.8, 4) is 17.0 Å². The number of thioether (sulfide) groups is 1. The van der Waals surface area contributed by atoms with Crippen LogP contribution in [0.3, 0.4) is 0 Å². The van der Waals surface area contributed by atoms with Crippen LogP contribution in [0.1, 0.15) is 11.1 Å². The van der Waals surface area contributed by atoms with E-state index in [1.807, 2.05) is 62.4 Å². The average Bonchev–Trinajstić information content (AvgIpc) is 2.66. The molecule has 2 aromatic carbocycles. The molecule has 5 nitrogen and oxygen atoms in total. The summed E-state index contributed by atoms with van der Waals surface area (Å²) in [5.41, 5.74) is 4.76. The van der Waals surface area contributed by atoms with Crippen LogP contribution in [-0.4, -0.2) is 29.0 Å². The molecule has 0 aliphatic carbocycles. The van der Waals surface area contributed by atoms with Gasteiger partial charge in [-0.05, 0) is 61.4 Å². The summed E-state index contributed by atoms with van der Waals surface area (Å²) in [6.07, 6.45) is 0. The fraction of sp³-hybridized carbons (Fsp3) is 0.190. The Morgan fingerprint density at radius 3 is 2.48 bits per heavy atom. The Balaban J connectivity index is 1.59. The number of nitrogens with one attached hydrogen (secondary N) is 1. The highest BCUT2D eigenvalue weighted by atomic mass is 32.2. The van der Waals surface area contributed by atoms with Crippen LogP contribution >= 0.6 is 11.8 Å². The van der Waals surface area contributed by atoms with Gasteiger partial charge < -0.3 is 10.1 Å². The third kappa shape index (κ3) is 5.31. The molecule has 1 heterocycles. The van der Waals surface area contributed by atoms with Crippen LogP contribution in [0.4, 0.5) is 5.69 Å². The van der Waals surface area contributed by atoms with Crippen LogP contribution in [0.5, 0.6) is 5.75 Å². The van der Waals surface area contributed by atoms with Gasteiger partial charge in [-0.1, -0.05) is 30.0 Å². The van der Waals surface area contributed by atoms with Gasteiger partial charge in [-0.15, -0.1) is 10.2 Å². The molecule has 138 valence electrons. The third-order valence-corrected chi connectivity index (χ3v) is 4.78. The number of carbonyl (C=O) groups is 1. The molecule has 0 bridgehead atoms. The van der Waals surface area contributed by atoms with Crippen LogP contribution in [0.2, 0.25) is 0 Å². The van der Waals surface area contributed by atoms with Crippen LogP contribution in [-0.2, 0) is 4.79 Å². The summed E-state index contributed by atoms with van der Waals surface area (Å²) in [5, 5.41) is 12.1. The van der Waals surface area contributed by atoms with Crippen molar-refractivity contribution in [1.82, 2.24) is 10.2 Å². The summed E-state index contributed by atoms with van der Waals surface area (Å²) in [6, 6.07) is 17.4. The van der Waals surface area contributed by atoms with E-state index < -0.39 is 0 Å². The van der Waals surface area contributed by atoms with Crippen molar-refractivity contribution in [2.24, 2.45) is 0 Å². The first-order valence-electron chi connectivity index (χ1n) is 8.52. The van der Waals surface area contributed by atoms with Gasteiger partial charge >= 0.3 is 0 Å². The van der Waals surface area contributed by atoms with Gasteiger partial charge in [0, 0.05) is 11.3 Å². The van der Waals surface area contributed by atoms with E-state index in [1.165, 1.54) is 11.8 Å². The summed E-state index contributed by atoms with van der Waals surface area (Å²) >= 11 is 1.36. The molecule has 0 aliphatic rings. The molecular formula is C21H21N3O2S. The van der Waals surface area contributed by atoms with E-state index >= 15 is 0 Å². The highest BCUT2D eigenvalue weighted by molar-refractivity contribution is 7.99. The maximum Gasteiger partial charge on any atom is 0.234 e. The van der Waals surface area contributed by atoms with Crippen molar-refractivity contribution in [2.75, 3.05) is 18.2 Å². The molecule has 1 amide bonds. The maximum absolute atomic E-state index is 12.2. The number of rotatable bonds is 6. The second-order valence-electron chi connectivity index (χ2n) is 6.20. The Labute approximate surface area is 163 Å². The van der Waals surface area contributed by atoms with Crippen LogP contribution in [0, 0.1) is 13.8 Å². The summed E-state index contributed by atoms with van der Waals surface area (Å²) in [7, 11) is 1.63. The summed E-state index contributed by atoms with van der Waals surface area (Å²) < 4.78 is 5.23. The van der Waals surface area contributed by atoms with Gasteiger partial charge in [-0.2, -0.15) is 0 Å². The molecule has 1 aromatic heterocycles. The van der Waals surface area contributed by atoms with Gasteiger partial charge in [-0.25, -0.2) is 0 Å². The summed E-state index contributed by atoms with van der Waals surface area (Å²) in [5.74, 6) is 0.986. The van der Waals surface area contributed by atoms with Crippen molar-refractivity contribution in [2.45, 2.75) is 18.9 Å². The zero-order valence-corrected chi connectivity index (χ0v) is 16.3. The zero-order chi connectivity index (χ0) is 19.2. The zero-order valence-electron chi connectivity index (χ0n) is 15.5. The normalized spacial score (nSPS) is 10.5. The molecule has 0 aliphatic heterocycles. The lowest BCUT2D eigenvalue weighted by molar-refractivity contribution is -0.113.